The number of allylic oxidation sites excluding steroid dienone is 5. The molecule has 0 fully saturated rings. The van der Waals surface area contributed by atoms with Gasteiger partial charge in [-0.2, -0.15) is 5.26 Å². The summed E-state index contributed by atoms with van der Waals surface area (Å²) in [6.07, 6.45) is 17.9. The van der Waals surface area contributed by atoms with Crippen molar-refractivity contribution in [3.8, 4) is 6.07 Å². The lowest BCUT2D eigenvalue weighted by molar-refractivity contribution is 0.955. The Hall–Kier alpha value is -6.18. The summed E-state index contributed by atoms with van der Waals surface area (Å²) in [5, 5.41) is 12.2. The molecular formula is C46H44N4. The minimum Gasteiger partial charge on any atom is -0.261 e. The van der Waals surface area contributed by atoms with Crippen molar-refractivity contribution in [3.63, 3.8) is 0 Å². The molecule has 4 aromatic rings. The Morgan fingerprint density at radius 2 is 1.60 bits per heavy atom. The molecule has 0 amide bonds. The fourth-order valence-corrected chi connectivity index (χ4v) is 5.24. The van der Waals surface area contributed by atoms with Gasteiger partial charge in [-0.25, -0.2) is 9.98 Å². The van der Waals surface area contributed by atoms with Crippen molar-refractivity contribution in [2.75, 3.05) is 0 Å². The molecule has 1 unspecified atom stereocenters. The molecule has 0 aliphatic heterocycles. The first kappa shape index (κ1) is 36.7. The van der Waals surface area contributed by atoms with Crippen molar-refractivity contribution in [2.24, 2.45) is 15.0 Å². The number of aliphatic imine (C=N–C) groups is 3. The van der Waals surface area contributed by atoms with E-state index in [-0.39, 0.29) is 5.92 Å². The molecule has 0 heterocycles. The first-order valence-corrected chi connectivity index (χ1v) is 16.8. The smallest absolute Gasteiger partial charge is 0.161 e. The van der Waals surface area contributed by atoms with Gasteiger partial charge < -0.3 is 0 Å². The highest BCUT2D eigenvalue weighted by molar-refractivity contribution is 6.13. The summed E-state index contributed by atoms with van der Waals surface area (Å²) in [7, 11) is 0. The van der Waals surface area contributed by atoms with E-state index in [4.69, 9.17) is 9.98 Å². The maximum Gasteiger partial charge on any atom is 0.161 e. The summed E-state index contributed by atoms with van der Waals surface area (Å²) in [6.45, 7) is 16.5. The molecule has 0 saturated carbocycles. The van der Waals surface area contributed by atoms with Crippen LogP contribution in [0.25, 0.3) is 18.2 Å². The summed E-state index contributed by atoms with van der Waals surface area (Å²) in [6, 6.07) is 36.5. The molecule has 4 nitrogen and oxygen atoms in total. The summed E-state index contributed by atoms with van der Waals surface area (Å²) < 4.78 is 0. The van der Waals surface area contributed by atoms with Crippen molar-refractivity contribution in [3.05, 3.63) is 196 Å². The van der Waals surface area contributed by atoms with Crippen LogP contribution in [0.2, 0.25) is 0 Å². The number of hydrogen-bond donors (Lipinski definition) is 0. The molecule has 0 aromatic heterocycles. The number of amidine groups is 2. The second-order valence-electron chi connectivity index (χ2n) is 11.8. The molecule has 4 aromatic carbocycles. The second kappa shape index (κ2) is 19.6. The zero-order valence-corrected chi connectivity index (χ0v) is 29.0. The molecule has 248 valence electrons. The highest BCUT2D eigenvalue weighted by Crippen LogP contribution is 2.22. The third kappa shape index (κ3) is 11.2. The van der Waals surface area contributed by atoms with Gasteiger partial charge in [-0.1, -0.05) is 167 Å². The summed E-state index contributed by atoms with van der Waals surface area (Å²) in [5.41, 5.74) is 6.27. The lowest BCUT2D eigenvalue weighted by atomic mass is 9.94. The Bertz CT molecular complexity index is 2100. The standard InChI is InChI=1S/C46H44N4/c1-6-8-18-35(3)28-42-24-16-17-25-43(42)29-36(4)44-31-38(30-39(32-44)33-47)26-27-41(21-9-7-2)46(49-34-37-19-12-10-13-20-37)50-45(48-5)40-22-14-11-15-23-40/h6,8,10-32,36H,1,3,5,7,9,34H2,2,4H3/b18-8-,27-26+,41-21+,42-28-,43-29-,49-46-,50-45-. The predicted octanol–water partition coefficient (Wildman–Crippen LogP) is 9.71. The van der Waals surface area contributed by atoms with Gasteiger partial charge in [-0.3, -0.25) is 4.99 Å². The van der Waals surface area contributed by atoms with Crippen LogP contribution >= 0.6 is 0 Å². The molecule has 0 radical (unpaired) electrons. The van der Waals surface area contributed by atoms with Crippen molar-refractivity contribution in [1.29, 1.82) is 5.26 Å². The average molecular weight is 653 g/mol. The molecule has 0 saturated heterocycles. The Kier molecular flexibility index (Phi) is 14.4. The Morgan fingerprint density at radius 1 is 0.900 bits per heavy atom. The van der Waals surface area contributed by atoms with Gasteiger partial charge in [0.05, 0.1) is 18.2 Å². The molecule has 4 heteroatoms. The molecule has 50 heavy (non-hydrogen) atoms. The predicted molar refractivity (Wildman–Crippen MR) is 215 cm³/mol. The van der Waals surface area contributed by atoms with Gasteiger partial charge in [0.15, 0.2) is 11.7 Å². The van der Waals surface area contributed by atoms with E-state index in [0.717, 1.165) is 56.7 Å². The van der Waals surface area contributed by atoms with Crippen LogP contribution < -0.4 is 10.4 Å². The van der Waals surface area contributed by atoms with E-state index in [2.05, 4.69) is 93.3 Å². The third-order valence-electron chi connectivity index (χ3n) is 7.86. The van der Waals surface area contributed by atoms with Crippen LogP contribution in [0.5, 0.6) is 0 Å². The van der Waals surface area contributed by atoms with Crippen molar-refractivity contribution in [1.82, 2.24) is 0 Å². The Balaban J connectivity index is 1.76. The van der Waals surface area contributed by atoms with Crippen molar-refractivity contribution < 1.29 is 0 Å². The molecule has 1 atom stereocenters. The average Bonchev–Trinajstić information content (AvgIpc) is 3.15. The van der Waals surface area contributed by atoms with Gasteiger partial charge in [-0.05, 0) is 70.0 Å². The van der Waals surface area contributed by atoms with E-state index >= 15 is 0 Å². The number of unbranched alkanes of at least 4 members (excludes halogenated alkanes) is 1. The largest absolute Gasteiger partial charge is 0.261 e. The van der Waals surface area contributed by atoms with Gasteiger partial charge in [0.2, 0.25) is 0 Å². The fourth-order valence-electron chi connectivity index (χ4n) is 5.24. The second-order valence-corrected chi connectivity index (χ2v) is 11.8. The van der Waals surface area contributed by atoms with Gasteiger partial charge in [0, 0.05) is 11.1 Å². The van der Waals surface area contributed by atoms with E-state index in [9.17, 15) is 5.26 Å². The van der Waals surface area contributed by atoms with E-state index in [1.807, 2.05) is 97.1 Å². The van der Waals surface area contributed by atoms with E-state index in [1.54, 1.807) is 6.08 Å². The van der Waals surface area contributed by atoms with Crippen LogP contribution in [0.3, 0.4) is 0 Å². The number of benzene rings is 4. The fraction of sp³-hybridized carbons (Fsp3) is 0.130. The van der Waals surface area contributed by atoms with Crippen LogP contribution in [0.4, 0.5) is 0 Å². The lowest BCUT2D eigenvalue weighted by Gasteiger charge is -2.10. The van der Waals surface area contributed by atoms with Gasteiger partial charge >= 0.3 is 0 Å². The van der Waals surface area contributed by atoms with E-state index in [1.165, 1.54) is 0 Å². The van der Waals surface area contributed by atoms with E-state index < -0.39 is 0 Å². The minimum atomic E-state index is 0.0387. The SMILES string of the molecule is C=C/C=C\C(=C)/C=c1/cccc/c1=C/C(C)c1cc(C#N)cc(/C=C/C(=C\CCC)C(=N/Cc2ccccc2)/N=C(\N=C)c2ccccc2)c1. The zero-order chi connectivity index (χ0) is 35.6. The summed E-state index contributed by atoms with van der Waals surface area (Å²) >= 11 is 0. The van der Waals surface area contributed by atoms with Gasteiger partial charge in [0.1, 0.15) is 0 Å². The zero-order valence-electron chi connectivity index (χ0n) is 29.0. The highest BCUT2D eigenvalue weighted by Gasteiger charge is 2.10. The van der Waals surface area contributed by atoms with Crippen LogP contribution in [0, 0.1) is 11.3 Å². The van der Waals surface area contributed by atoms with Crippen LogP contribution in [0.1, 0.15) is 60.4 Å². The Labute approximate surface area is 297 Å². The Morgan fingerprint density at radius 3 is 2.28 bits per heavy atom. The van der Waals surface area contributed by atoms with Crippen LogP contribution in [0.15, 0.2) is 173 Å². The number of nitrogens with zero attached hydrogens (tertiary/aromatic N) is 4. The van der Waals surface area contributed by atoms with E-state index in [0.29, 0.717) is 23.8 Å². The molecule has 0 N–H and O–H groups in total. The maximum atomic E-state index is 9.99. The maximum absolute atomic E-state index is 9.99. The summed E-state index contributed by atoms with van der Waals surface area (Å²) in [4.78, 5) is 14.2. The molecule has 4 rings (SSSR count). The van der Waals surface area contributed by atoms with Crippen molar-refractivity contribution >= 4 is 36.6 Å². The number of rotatable bonds is 13. The van der Waals surface area contributed by atoms with Crippen LogP contribution in [-0.4, -0.2) is 18.4 Å². The van der Waals surface area contributed by atoms with Crippen LogP contribution in [-0.2, 0) is 6.54 Å². The number of nitriles is 1. The quantitative estimate of drug-likeness (QED) is 0.0806. The number of hydrogen-bond acceptors (Lipinski definition) is 2. The van der Waals surface area contributed by atoms with Crippen molar-refractivity contribution in [2.45, 2.75) is 39.2 Å². The van der Waals surface area contributed by atoms with Gasteiger partial charge in [0.25, 0.3) is 0 Å². The molecular weight excluding hydrogens is 609 g/mol. The third-order valence-corrected chi connectivity index (χ3v) is 7.86. The molecule has 0 aliphatic carbocycles. The summed E-state index contributed by atoms with van der Waals surface area (Å²) in [5.74, 6) is 1.11. The monoisotopic (exact) mass is 652 g/mol. The molecule has 0 spiro atoms. The topological polar surface area (TPSA) is 60.9 Å². The molecule has 0 bridgehead atoms. The molecule has 0 aliphatic rings. The normalized spacial score (nSPS) is 13.8. The first-order chi connectivity index (χ1) is 24.4. The lowest BCUT2D eigenvalue weighted by Crippen LogP contribution is -2.24. The van der Waals surface area contributed by atoms with Gasteiger partial charge in [-0.15, -0.1) is 0 Å². The highest BCUT2D eigenvalue weighted by atomic mass is 15.0. The first-order valence-electron chi connectivity index (χ1n) is 16.8. The minimum absolute atomic E-state index is 0.0387.